The van der Waals surface area contributed by atoms with Gasteiger partial charge in [-0.05, 0) is 54.4 Å². The van der Waals surface area contributed by atoms with Crippen LogP contribution in [0, 0.1) is 23.2 Å². The zero-order valence-corrected chi connectivity index (χ0v) is 20.4. The van der Waals surface area contributed by atoms with Crippen LogP contribution in [0.4, 0.5) is 4.79 Å². The second-order valence-corrected chi connectivity index (χ2v) is 11.2. The van der Waals surface area contributed by atoms with Gasteiger partial charge in [0.15, 0.2) is 0 Å². The number of benzene rings is 1. The largest absolute Gasteiger partial charge is 0.465 e. The van der Waals surface area contributed by atoms with Crippen LogP contribution in [0.5, 0.6) is 0 Å². The highest BCUT2D eigenvalue weighted by atomic mass is 16.4. The van der Waals surface area contributed by atoms with Crippen LogP contribution < -0.4 is 5.32 Å². The molecule has 32 heavy (non-hydrogen) atoms. The number of carbonyl (C=O) groups is 2. The molecule has 178 valence electrons. The van der Waals surface area contributed by atoms with Crippen LogP contribution in [0.25, 0.3) is 0 Å². The predicted octanol–water partition coefficient (Wildman–Crippen LogP) is 4.45. The minimum atomic E-state index is -1.05. The van der Waals surface area contributed by atoms with Crippen LogP contribution >= 0.6 is 0 Å². The normalized spacial score (nSPS) is 25.2. The van der Waals surface area contributed by atoms with Crippen molar-refractivity contribution in [3.05, 3.63) is 35.9 Å². The van der Waals surface area contributed by atoms with E-state index in [0.717, 1.165) is 45.3 Å². The molecule has 1 heterocycles. The lowest BCUT2D eigenvalue weighted by Crippen LogP contribution is -2.54. The van der Waals surface area contributed by atoms with Crippen LogP contribution in [-0.4, -0.2) is 59.1 Å². The van der Waals surface area contributed by atoms with Gasteiger partial charge in [0.05, 0.1) is 0 Å². The van der Waals surface area contributed by atoms with Crippen molar-refractivity contribution in [3.8, 4) is 0 Å². The Kier molecular flexibility index (Phi) is 7.86. The van der Waals surface area contributed by atoms with Gasteiger partial charge in [0.1, 0.15) is 6.04 Å². The van der Waals surface area contributed by atoms with Crippen molar-refractivity contribution in [1.82, 2.24) is 15.1 Å². The topological polar surface area (TPSA) is 72.9 Å². The quantitative estimate of drug-likeness (QED) is 0.622. The first-order chi connectivity index (χ1) is 15.0. The molecule has 1 saturated carbocycles. The summed E-state index contributed by atoms with van der Waals surface area (Å²) in [6.07, 6.45) is 2.83. The number of carbonyl (C=O) groups excluding carboxylic acids is 1. The van der Waals surface area contributed by atoms with Gasteiger partial charge in [0, 0.05) is 32.7 Å². The third-order valence-electron chi connectivity index (χ3n) is 7.39. The maximum Gasteiger partial charge on any atom is 0.407 e. The molecule has 1 aromatic rings. The lowest BCUT2D eigenvalue weighted by Gasteiger charge is -2.33. The van der Waals surface area contributed by atoms with Crippen LogP contribution in [0.1, 0.15) is 58.9 Å². The molecule has 2 fully saturated rings. The Morgan fingerprint density at radius 1 is 1.19 bits per heavy atom. The predicted molar refractivity (Wildman–Crippen MR) is 127 cm³/mol. The van der Waals surface area contributed by atoms with Crippen LogP contribution in [-0.2, 0) is 11.3 Å². The fourth-order valence-electron chi connectivity index (χ4n) is 5.53. The number of amides is 2. The van der Waals surface area contributed by atoms with E-state index < -0.39 is 12.1 Å². The summed E-state index contributed by atoms with van der Waals surface area (Å²) in [6.45, 7) is 11.5. The highest BCUT2D eigenvalue weighted by molar-refractivity contribution is 5.85. The van der Waals surface area contributed by atoms with Gasteiger partial charge in [-0.2, -0.15) is 0 Å². The maximum atomic E-state index is 13.3. The zero-order chi connectivity index (χ0) is 23.5. The lowest BCUT2D eigenvalue weighted by molar-refractivity contribution is -0.128. The fraction of sp³-hybridized carbons (Fsp3) is 0.692. The molecule has 0 unspecified atom stereocenters. The number of hydrogen-bond donors (Lipinski definition) is 2. The first-order valence-corrected chi connectivity index (χ1v) is 12.1. The Bertz CT molecular complexity index is 776. The van der Waals surface area contributed by atoms with Crippen molar-refractivity contribution in [1.29, 1.82) is 0 Å². The molecular formula is C26H41N3O3. The summed E-state index contributed by atoms with van der Waals surface area (Å²) in [4.78, 5) is 28.8. The molecular weight excluding hydrogens is 402 g/mol. The zero-order valence-electron chi connectivity index (χ0n) is 20.4. The van der Waals surface area contributed by atoms with Crippen LogP contribution in [0.2, 0.25) is 0 Å². The van der Waals surface area contributed by atoms with Gasteiger partial charge >= 0.3 is 6.09 Å². The number of nitrogens with zero attached hydrogens (tertiary/aromatic N) is 2. The third-order valence-corrected chi connectivity index (χ3v) is 7.39. The number of nitrogens with one attached hydrogen (secondary N) is 1. The van der Waals surface area contributed by atoms with E-state index in [1.807, 2.05) is 13.0 Å². The maximum absolute atomic E-state index is 13.3. The summed E-state index contributed by atoms with van der Waals surface area (Å²) in [5, 5.41) is 12.9. The second-order valence-electron chi connectivity index (χ2n) is 11.2. The summed E-state index contributed by atoms with van der Waals surface area (Å²) >= 11 is 0. The Morgan fingerprint density at radius 2 is 1.88 bits per heavy atom. The van der Waals surface area contributed by atoms with Crippen molar-refractivity contribution in [2.45, 2.75) is 72.0 Å². The first-order valence-electron chi connectivity index (χ1n) is 12.1. The number of rotatable bonds is 8. The third kappa shape index (κ3) is 6.25. The molecule has 1 aliphatic carbocycles. The highest BCUT2D eigenvalue weighted by Crippen LogP contribution is 2.39. The van der Waals surface area contributed by atoms with Gasteiger partial charge in [-0.25, -0.2) is 4.79 Å². The monoisotopic (exact) mass is 443 g/mol. The molecule has 5 atom stereocenters. The molecule has 0 spiro atoms. The van der Waals surface area contributed by atoms with E-state index in [1.165, 1.54) is 17.5 Å². The summed E-state index contributed by atoms with van der Waals surface area (Å²) in [5.41, 5.74) is 1.48. The van der Waals surface area contributed by atoms with E-state index in [0.29, 0.717) is 11.8 Å². The molecule has 3 rings (SSSR count). The van der Waals surface area contributed by atoms with Gasteiger partial charge in [0.25, 0.3) is 0 Å². The van der Waals surface area contributed by atoms with Gasteiger partial charge in [-0.3, -0.25) is 14.6 Å². The molecule has 6 heteroatoms. The van der Waals surface area contributed by atoms with Gasteiger partial charge < -0.3 is 10.4 Å². The summed E-state index contributed by atoms with van der Waals surface area (Å²) in [7, 11) is 1.52. The smallest absolute Gasteiger partial charge is 0.407 e. The van der Waals surface area contributed by atoms with Crippen LogP contribution in [0.3, 0.4) is 0 Å². The molecule has 2 aliphatic rings. The standard InChI is InChI=1S/C26H41N3O3/c1-18(13-14-26(2,3)4)23(28(5)25(31)32)24(30)27-22-12-11-20-16-29(17-21(20)22)15-19-9-7-6-8-10-19/h6-10,18,20-23H,11-17H2,1-5H3,(H,27,30)(H,31,32)/t18-,20+,21-,22-,23-/m0/s1. The molecule has 0 aromatic heterocycles. The highest BCUT2D eigenvalue weighted by Gasteiger charge is 2.44. The SMILES string of the molecule is C[C@@H](CCC(C)(C)C)[C@@H](C(=O)N[C@H]1CC[C@@H]2CN(Cc3ccccc3)C[C@@H]21)N(C)C(=O)O. The number of likely N-dealkylation sites (N-methyl/N-ethyl adjacent to an activating group) is 1. The number of carboxylic acid groups (broad SMARTS) is 1. The minimum Gasteiger partial charge on any atom is -0.465 e. The Hall–Kier alpha value is -2.08. The van der Waals surface area contributed by atoms with Crippen molar-refractivity contribution in [2.75, 3.05) is 20.1 Å². The molecule has 0 bridgehead atoms. The summed E-state index contributed by atoms with van der Waals surface area (Å²) in [6, 6.07) is 10.0. The molecule has 2 N–H and O–H groups in total. The van der Waals surface area contributed by atoms with E-state index in [1.54, 1.807) is 0 Å². The van der Waals surface area contributed by atoms with E-state index in [4.69, 9.17) is 0 Å². The molecule has 2 amide bonds. The lowest BCUT2D eigenvalue weighted by atomic mass is 9.84. The van der Waals surface area contributed by atoms with Crippen LogP contribution in [0.15, 0.2) is 30.3 Å². The molecule has 0 radical (unpaired) electrons. The van der Waals surface area contributed by atoms with E-state index in [-0.39, 0.29) is 23.3 Å². The van der Waals surface area contributed by atoms with Crippen molar-refractivity contribution in [2.24, 2.45) is 23.2 Å². The average Bonchev–Trinajstić information content (AvgIpc) is 3.28. The van der Waals surface area contributed by atoms with Gasteiger partial charge in [-0.15, -0.1) is 0 Å². The van der Waals surface area contributed by atoms with Crippen molar-refractivity contribution >= 4 is 12.0 Å². The van der Waals surface area contributed by atoms with Crippen molar-refractivity contribution < 1.29 is 14.7 Å². The Balaban J connectivity index is 1.62. The van der Waals surface area contributed by atoms with E-state index in [2.05, 4.69) is 55.3 Å². The summed E-state index contributed by atoms with van der Waals surface area (Å²) in [5.74, 6) is 0.885. The molecule has 1 aromatic carbocycles. The number of likely N-dealkylation sites (tertiary alicyclic amines) is 1. The van der Waals surface area contributed by atoms with Crippen molar-refractivity contribution in [3.63, 3.8) is 0 Å². The molecule has 1 aliphatic heterocycles. The molecule has 6 nitrogen and oxygen atoms in total. The summed E-state index contributed by atoms with van der Waals surface area (Å²) < 4.78 is 0. The number of hydrogen-bond acceptors (Lipinski definition) is 3. The Morgan fingerprint density at radius 3 is 2.50 bits per heavy atom. The molecule has 1 saturated heterocycles. The number of fused-ring (bicyclic) bond motifs is 1. The average molecular weight is 444 g/mol. The van der Waals surface area contributed by atoms with E-state index >= 15 is 0 Å². The fourth-order valence-corrected chi connectivity index (χ4v) is 5.53. The van der Waals surface area contributed by atoms with Gasteiger partial charge in [0.2, 0.25) is 5.91 Å². The first kappa shape index (κ1) is 24.6. The minimum absolute atomic E-state index is 0.0364. The Labute approximate surface area is 193 Å². The second kappa shape index (κ2) is 10.2. The van der Waals surface area contributed by atoms with E-state index in [9.17, 15) is 14.7 Å². The van der Waals surface area contributed by atoms with Gasteiger partial charge in [-0.1, -0.05) is 58.0 Å².